The summed E-state index contributed by atoms with van der Waals surface area (Å²) < 4.78 is 1.52. The lowest BCUT2D eigenvalue weighted by Crippen LogP contribution is -2.15. The van der Waals surface area contributed by atoms with Gasteiger partial charge in [-0.05, 0) is 17.5 Å². The van der Waals surface area contributed by atoms with E-state index in [1.807, 2.05) is 17.5 Å². The number of anilines is 1. The highest BCUT2D eigenvalue weighted by atomic mass is 35.5. The van der Waals surface area contributed by atoms with Gasteiger partial charge in [-0.15, -0.1) is 16.4 Å². The lowest BCUT2D eigenvalue weighted by atomic mass is 10.2. The molecule has 8 heteroatoms. The SMILES string of the molecule is Cn1nc(-c2cccs2)nc1NC(=O)c1ccncc1Cl. The van der Waals surface area contributed by atoms with Gasteiger partial charge in [0.25, 0.3) is 5.91 Å². The van der Waals surface area contributed by atoms with Gasteiger partial charge in [0, 0.05) is 19.4 Å². The molecular weight excluding hydrogens is 310 g/mol. The van der Waals surface area contributed by atoms with Gasteiger partial charge >= 0.3 is 0 Å². The molecule has 0 spiro atoms. The number of carbonyl (C=O) groups is 1. The average Bonchev–Trinajstić information content (AvgIpc) is 3.10. The number of thiophene rings is 1. The summed E-state index contributed by atoms with van der Waals surface area (Å²) in [5, 5.41) is 9.20. The fourth-order valence-electron chi connectivity index (χ4n) is 1.73. The molecule has 0 saturated carbocycles. The lowest BCUT2D eigenvalue weighted by Gasteiger charge is -2.04. The van der Waals surface area contributed by atoms with E-state index in [0.29, 0.717) is 17.3 Å². The summed E-state index contributed by atoms with van der Waals surface area (Å²) in [6.07, 6.45) is 2.93. The number of pyridine rings is 1. The Hall–Kier alpha value is -2.25. The number of rotatable bonds is 3. The van der Waals surface area contributed by atoms with Gasteiger partial charge in [-0.25, -0.2) is 4.68 Å². The Kier molecular flexibility index (Phi) is 3.68. The first-order chi connectivity index (χ1) is 10.1. The number of hydrogen-bond donors (Lipinski definition) is 1. The number of halogens is 1. The van der Waals surface area contributed by atoms with Crippen LogP contribution in [0.2, 0.25) is 5.02 Å². The molecule has 3 aromatic heterocycles. The second kappa shape index (κ2) is 5.63. The van der Waals surface area contributed by atoms with Gasteiger partial charge in [-0.3, -0.25) is 15.1 Å². The van der Waals surface area contributed by atoms with E-state index >= 15 is 0 Å². The number of hydrogen-bond acceptors (Lipinski definition) is 5. The maximum absolute atomic E-state index is 12.2. The molecule has 3 heterocycles. The molecule has 3 aromatic rings. The molecule has 0 atom stereocenters. The summed E-state index contributed by atoms with van der Waals surface area (Å²) in [6, 6.07) is 5.39. The summed E-state index contributed by atoms with van der Waals surface area (Å²) in [5.41, 5.74) is 0.340. The molecule has 1 amide bonds. The van der Waals surface area contributed by atoms with E-state index in [1.54, 1.807) is 13.1 Å². The van der Waals surface area contributed by atoms with Crippen LogP contribution in [0.15, 0.2) is 36.0 Å². The summed E-state index contributed by atoms with van der Waals surface area (Å²) >= 11 is 7.48. The summed E-state index contributed by atoms with van der Waals surface area (Å²) in [6.45, 7) is 0. The first-order valence-corrected chi connectivity index (χ1v) is 7.26. The number of aryl methyl sites for hydroxylation is 1. The molecule has 0 saturated heterocycles. The standard InChI is InChI=1S/C13H10ClN5OS/c1-19-13(16-11(18-19)10-3-2-6-21-10)17-12(20)8-4-5-15-7-9(8)14/h2-7H,1H3,(H,16,17,18,20). The predicted octanol–water partition coefficient (Wildman–Crippen LogP) is 2.84. The molecule has 0 fully saturated rings. The van der Waals surface area contributed by atoms with Crippen molar-refractivity contribution in [2.75, 3.05) is 5.32 Å². The van der Waals surface area contributed by atoms with Gasteiger partial charge in [-0.1, -0.05) is 17.7 Å². The molecule has 0 aromatic carbocycles. The highest BCUT2D eigenvalue weighted by Crippen LogP contribution is 2.23. The number of nitrogens with zero attached hydrogens (tertiary/aromatic N) is 4. The zero-order chi connectivity index (χ0) is 14.8. The predicted molar refractivity (Wildman–Crippen MR) is 81.5 cm³/mol. The Morgan fingerprint density at radius 1 is 1.43 bits per heavy atom. The van der Waals surface area contributed by atoms with Crippen molar-refractivity contribution < 1.29 is 4.79 Å². The molecule has 21 heavy (non-hydrogen) atoms. The molecule has 0 aliphatic carbocycles. The molecule has 0 aliphatic rings. The van der Waals surface area contributed by atoms with Crippen LogP contribution in [-0.4, -0.2) is 25.7 Å². The Morgan fingerprint density at radius 3 is 3.00 bits per heavy atom. The number of aromatic nitrogens is 4. The van der Waals surface area contributed by atoms with Crippen LogP contribution in [0, 0.1) is 0 Å². The maximum Gasteiger partial charge on any atom is 0.259 e. The third-order valence-corrected chi connectivity index (χ3v) is 3.91. The Balaban J connectivity index is 1.86. The van der Waals surface area contributed by atoms with Crippen molar-refractivity contribution in [3.8, 4) is 10.7 Å². The van der Waals surface area contributed by atoms with Crippen LogP contribution in [0.1, 0.15) is 10.4 Å². The van der Waals surface area contributed by atoms with E-state index in [2.05, 4.69) is 20.4 Å². The van der Waals surface area contributed by atoms with E-state index in [-0.39, 0.29) is 10.9 Å². The highest BCUT2D eigenvalue weighted by Gasteiger charge is 2.15. The Labute approximate surface area is 129 Å². The Bertz CT molecular complexity index is 784. The van der Waals surface area contributed by atoms with Crippen LogP contribution in [0.5, 0.6) is 0 Å². The maximum atomic E-state index is 12.2. The quantitative estimate of drug-likeness (QED) is 0.805. The van der Waals surface area contributed by atoms with Crippen molar-refractivity contribution >= 4 is 34.8 Å². The zero-order valence-corrected chi connectivity index (χ0v) is 12.5. The molecular formula is C13H10ClN5OS. The molecule has 106 valence electrons. The number of amides is 1. The van der Waals surface area contributed by atoms with Gasteiger partial charge in [0.05, 0.1) is 15.5 Å². The summed E-state index contributed by atoms with van der Waals surface area (Å²) in [5.74, 6) is 0.579. The molecule has 0 aliphatic heterocycles. The Morgan fingerprint density at radius 2 is 2.29 bits per heavy atom. The van der Waals surface area contributed by atoms with Crippen LogP contribution in [0.25, 0.3) is 10.7 Å². The fraction of sp³-hybridized carbons (Fsp3) is 0.0769. The molecule has 0 radical (unpaired) electrons. The zero-order valence-electron chi connectivity index (χ0n) is 10.9. The van der Waals surface area contributed by atoms with Crippen molar-refractivity contribution in [3.63, 3.8) is 0 Å². The lowest BCUT2D eigenvalue weighted by molar-refractivity contribution is 0.102. The third-order valence-electron chi connectivity index (χ3n) is 2.75. The van der Waals surface area contributed by atoms with Crippen molar-refractivity contribution in [2.45, 2.75) is 0 Å². The number of carbonyl (C=O) groups excluding carboxylic acids is 1. The minimum absolute atomic E-state index is 0.288. The topological polar surface area (TPSA) is 72.7 Å². The molecule has 3 rings (SSSR count). The minimum Gasteiger partial charge on any atom is -0.291 e. The van der Waals surface area contributed by atoms with E-state index in [0.717, 1.165) is 4.88 Å². The van der Waals surface area contributed by atoms with Gasteiger partial charge in [0.1, 0.15) is 0 Å². The number of nitrogens with one attached hydrogen (secondary N) is 1. The van der Waals surface area contributed by atoms with Crippen molar-refractivity contribution in [3.05, 3.63) is 46.6 Å². The van der Waals surface area contributed by atoms with E-state index < -0.39 is 0 Å². The van der Waals surface area contributed by atoms with E-state index in [4.69, 9.17) is 11.6 Å². The van der Waals surface area contributed by atoms with Crippen LogP contribution in [0.3, 0.4) is 0 Å². The van der Waals surface area contributed by atoms with Gasteiger partial charge < -0.3 is 0 Å². The summed E-state index contributed by atoms with van der Waals surface area (Å²) in [4.78, 5) is 21.3. The second-order valence-electron chi connectivity index (χ2n) is 4.17. The molecule has 1 N–H and O–H groups in total. The van der Waals surface area contributed by atoms with Crippen molar-refractivity contribution in [2.24, 2.45) is 7.05 Å². The van der Waals surface area contributed by atoms with Crippen molar-refractivity contribution in [1.82, 2.24) is 19.7 Å². The normalized spacial score (nSPS) is 10.6. The van der Waals surface area contributed by atoms with Crippen LogP contribution in [0.4, 0.5) is 5.95 Å². The first-order valence-electron chi connectivity index (χ1n) is 6.01. The van der Waals surface area contributed by atoms with Gasteiger partial charge in [-0.2, -0.15) is 4.98 Å². The molecule has 0 unspecified atom stereocenters. The van der Waals surface area contributed by atoms with E-state index in [1.165, 1.54) is 28.4 Å². The monoisotopic (exact) mass is 319 g/mol. The van der Waals surface area contributed by atoms with Gasteiger partial charge in [0.2, 0.25) is 5.95 Å². The van der Waals surface area contributed by atoms with Crippen LogP contribution >= 0.6 is 22.9 Å². The molecule has 6 nitrogen and oxygen atoms in total. The third kappa shape index (κ3) is 2.79. The fourth-order valence-corrected chi connectivity index (χ4v) is 2.59. The van der Waals surface area contributed by atoms with Crippen LogP contribution < -0.4 is 5.32 Å². The van der Waals surface area contributed by atoms with Crippen LogP contribution in [-0.2, 0) is 7.05 Å². The highest BCUT2D eigenvalue weighted by molar-refractivity contribution is 7.13. The largest absolute Gasteiger partial charge is 0.291 e. The molecule has 0 bridgehead atoms. The van der Waals surface area contributed by atoms with Crippen molar-refractivity contribution in [1.29, 1.82) is 0 Å². The van der Waals surface area contributed by atoms with E-state index in [9.17, 15) is 4.79 Å². The summed E-state index contributed by atoms with van der Waals surface area (Å²) in [7, 11) is 1.72. The van der Waals surface area contributed by atoms with Gasteiger partial charge in [0.15, 0.2) is 5.82 Å². The smallest absolute Gasteiger partial charge is 0.259 e. The first kappa shape index (κ1) is 13.7. The second-order valence-corrected chi connectivity index (χ2v) is 5.52. The average molecular weight is 320 g/mol. The minimum atomic E-state index is -0.351.